The summed E-state index contributed by atoms with van der Waals surface area (Å²) in [5.41, 5.74) is 0.945. The number of rotatable bonds is 3. The molecule has 1 saturated heterocycles. The highest BCUT2D eigenvalue weighted by Crippen LogP contribution is 2.36. The molecule has 0 aliphatic carbocycles. The second kappa shape index (κ2) is 6.36. The smallest absolute Gasteiger partial charge is 0.151 e. The molecule has 98 valence electrons. The number of hydrogen-bond donors (Lipinski definition) is 0. The Kier molecular flexibility index (Phi) is 5.05. The molecule has 4 heteroatoms. The minimum Gasteiger partial charge on any atom is -0.298 e. The fourth-order valence-electron chi connectivity index (χ4n) is 1.90. The van der Waals surface area contributed by atoms with Crippen LogP contribution in [0.15, 0.2) is 24.3 Å². The average molecular weight is 301 g/mol. The fourth-order valence-corrected chi connectivity index (χ4v) is 4.99. The Morgan fingerprint density at radius 2 is 2.06 bits per heavy atom. The first-order chi connectivity index (χ1) is 8.58. The van der Waals surface area contributed by atoms with Crippen LogP contribution in [0, 0.1) is 0 Å². The summed E-state index contributed by atoms with van der Waals surface area (Å²) in [5, 5.41) is 2.00. The first-order valence-electron chi connectivity index (χ1n) is 6.11. The van der Waals surface area contributed by atoms with E-state index < -0.39 is 0 Å². The van der Waals surface area contributed by atoms with E-state index in [1.54, 1.807) is 0 Å². The van der Waals surface area contributed by atoms with Gasteiger partial charge in [0.1, 0.15) is 0 Å². The highest BCUT2D eigenvalue weighted by Gasteiger charge is 2.30. The van der Waals surface area contributed by atoms with Crippen LogP contribution >= 0.6 is 35.1 Å². The third kappa shape index (κ3) is 3.46. The SMILES string of the molecule is CC1SCC(C(=O)Cc2ccccc2Cl)SC1C. The number of carbonyl (C=O) groups excluding carboxylic acids is 1. The van der Waals surface area contributed by atoms with Crippen LogP contribution in [0.3, 0.4) is 0 Å². The molecule has 0 spiro atoms. The van der Waals surface area contributed by atoms with Crippen molar-refractivity contribution < 1.29 is 4.79 Å². The molecule has 0 aromatic heterocycles. The van der Waals surface area contributed by atoms with Gasteiger partial charge in [0.15, 0.2) is 5.78 Å². The molecule has 0 amide bonds. The van der Waals surface area contributed by atoms with E-state index in [1.807, 2.05) is 47.8 Å². The molecular weight excluding hydrogens is 284 g/mol. The summed E-state index contributed by atoms with van der Waals surface area (Å²) in [6.07, 6.45) is 0.457. The van der Waals surface area contributed by atoms with Gasteiger partial charge in [-0.2, -0.15) is 11.8 Å². The van der Waals surface area contributed by atoms with Crippen molar-refractivity contribution in [3.63, 3.8) is 0 Å². The van der Waals surface area contributed by atoms with Gasteiger partial charge in [0, 0.05) is 27.7 Å². The van der Waals surface area contributed by atoms with E-state index in [1.165, 1.54) is 0 Å². The first-order valence-corrected chi connectivity index (χ1v) is 8.48. The Labute approximate surface area is 122 Å². The van der Waals surface area contributed by atoms with Crippen LogP contribution in [-0.4, -0.2) is 27.3 Å². The molecule has 0 radical (unpaired) electrons. The molecule has 0 bridgehead atoms. The predicted molar refractivity (Wildman–Crippen MR) is 82.9 cm³/mol. The molecule has 1 nitrogen and oxygen atoms in total. The van der Waals surface area contributed by atoms with Gasteiger partial charge in [-0.25, -0.2) is 0 Å². The van der Waals surface area contributed by atoms with Crippen molar-refractivity contribution in [1.82, 2.24) is 0 Å². The van der Waals surface area contributed by atoms with Gasteiger partial charge in [-0.15, -0.1) is 11.8 Å². The molecule has 3 atom stereocenters. The van der Waals surface area contributed by atoms with E-state index in [0.29, 0.717) is 27.7 Å². The van der Waals surface area contributed by atoms with Gasteiger partial charge >= 0.3 is 0 Å². The Balaban J connectivity index is 1.99. The second-order valence-corrected chi connectivity index (χ2v) is 8.01. The first kappa shape index (κ1) is 14.3. The standard InChI is InChI=1S/C14H17ClOS2/c1-9-10(2)18-14(8-17-9)13(16)7-11-5-3-4-6-12(11)15/h3-6,9-10,14H,7-8H2,1-2H3. The van der Waals surface area contributed by atoms with Crippen LogP contribution in [-0.2, 0) is 11.2 Å². The molecule has 0 N–H and O–H groups in total. The van der Waals surface area contributed by atoms with Crippen LogP contribution in [0.1, 0.15) is 19.4 Å². The third-order valence-electron chi connectivity index (χ3n) is 3.23. The molecule has 2 rings (SSSR count). The molecule has 1 aromatic carbocycles. The summed E-state index contributed by atoms with van der Waals surface area (Å²) in [7, 11) is 0. The monoisotopic (exact) mass is 300 g/mol. The normalized spacial score (nSPS) is 28.1. The quantitative estimate of drug-likeness (QED) is 0.837. The number of hydrogen-bond acceptors (Lipinski definition) is 3. The number of ketones is 1. The highest BCUT2D eigenvalue weighted by molar-refractivity contribution is 8.08. The van der Waals surface area contributed by atoms with Crippen molar-refractivity contribution in [1.29, 1.82) is 0 Å². The Morgan fingerprint density at radius 3 is 2.72 bits per heavy atom. The molecule has 3 unspecified atom stereocenters. The lowest BCUT2D eigenvalue weighted by atomic mass is 10.1. The Bertz CT molecular complexity index is 436. The summed E-state index contributed by atoms with van der Waals surface area (Å²) >= 11 is 9.81. The minimum absolute atomic E-state index is 0.123. The molecule has 1 heterocycles. The molecule has 0 saturated carbocycles. The average Bonchev–Trinajstić information content (AvgIpc) is 2.35. The summed E-state index contributed by atoms with van der Waals surface area (Å²) in [5.74, 6) is 1.23. The lowest BCUT2D eigenvalue weighted by Gasteiger charge is -2.30. The molecule has 1 aliphatic rings. The number of thioether (sulfide) groups is 2. The van der Waals surface area contributed by atoms with Gasteiger partial charge in [-0.1, -0.05) is 43.6 Å². The lowest BCUT2D eigenvalue weighted by Crippen LogP contribution is -2.32. The minimum atomic E-state index is 0.123. The predicted octanol–water partition coefficient (Wildman–Crippen LogP) is 4.08. The van der Waals surface area contributed by atoms with Gasteiger partial charge in [-0.3, -0.25) is 4.79 Å². The van der Waals surface area contributed by atoms with Crippen LogP contribution in [0.4, 0.5) is 0 Å². The summed E-state index contributed by atoms with van der Waals surface area (Å²) in [6.45, 7) is 4.44. The Morgan fingerprint density at radius 1 is 1.33 bits per heavy atom. The van der Waals surface area contributed by atoms with Crippen molar-refractivity contribution in [2.45, 2.75) is 36.0 Å². The van der Waals surface area contributed by atoms with Crippen molar-refractivity contribution in [3.05, 3.63) is 34.9 Å². The van der Waals surface area contributed by atoms with E-state index in [0.717, 1.165) is 11.3 Å². The highest BCUT2D eigenvalue weighted by atomic mass is 35.5. The van der Waals surface area contributed by atoms with Gasteiger partial charge in [0.05, 0.1) is 5.25 Å². The van der Waals surface area contributed by atoms with Crippen LogP contribution < -0.4 is 0 Å². The van der Waals surface area contributed by atoms with Crippen LogP contribution in [0.5, 0.6) is 0 Å². The molecule has 1 fully saturated rings. The molecule has 1 aromatic rings. The second-order valence-electron chi connectivity index (χ2n) is 4.60. The van der Waals surface area contributed by atoms with Gasteiger partial charge in [-0.05, 0) is 11.6 Å². The maximum atomic E-state index is 12.3. The summed E-state index contributed by atoms with van der Waals surface area (Å²) in [4.78, 5) is 12.3. The zero-order valence-corrected chi connectivity index (χ0v) is 12.9. The largest absolute Gasteiger partial charge is 0.298 e. The Hall–Kier alpha value is -0.120. The summed E-state index contributed by atoms with van der Waals surface area (Å²) < 4.78 is 0. The number of benzene rings is 1. The zero-order valence-electron chi connectivity index (χ0n) is 10.6. The van der Waals surface area contributed by atoms with Crippen molar-refractivity contribution in [2.75, 3.05) is 5.75 Å². The zero-order chi connectivity index (χ0) is 13.1. The maximum absolute atomic E-state index is 12.3. The van der Waals surface area contributed by atoms with E-state index in [4.69, 9.17) is 11.6 Å². The summed E-state index contributed by atoms with van der Waals surface area (Å²) in [6, 6.07) is 7.61. The van der Waals surface area contributed by atoms with E-state index >= 15 is 0 Å². The van der Waals surface area contributed by atoms with Crippen LogP contribution in [0.25, 0.3) is 0 Å². The fraction of sp³-hybridized carbons (Fsp3) is 0.500. The van der Waals surface area contributed by atoms with Crippen molar-refractivity contribution in [3.8, 4) is 0 Å². The number of carbonyl (C=O) groups is 1. The number of halogens is 1. The maximum Gasteiger partial charge on any atom is 0.151 e. The van der Waals surface area contributed by atoms with E-state index in [9.17, 15) is 4.79 Å². The topological polar surface area (TPSA) is 17.1 Å². The third-order valence-corrected chi connectivity index (χ3v) is 7.04. The lowest BCUT2D eigenvalue weighted by molar-refractivity contribution is -0.117. The molecule has 1 aliphatic heterocycles. The van der Waals surface area contributed by atoms with Gasteiger partial charge in [0.25, 0.3) is 0 Å². The van der Waals surface area contributed by atoms with Crippen molar-refractivity contribution in [2.24, 2.45) is 0 Å². The number of Topliss-reactive ketones (excluding diaryl/α,β-unsaturated/α-hetero) is 1. The van der Waals surface area contributed by atoms with Crippen molar-refractivity contribution >= 4 is 40.9 Å². The molecular formula is C14H17ClOS2. The van der Waals surface area contributed by atoms with E-state index in [2.05, 4.69) is 13.8 Å². The van der Waals surface area contributed by atoms with Gasteiger partial charge in [0.2, 0.25) is 0 Å². The van der Waals surface area contributed by atoms with Gasteiger partial charge < -0.3 is 0 Å². The van der Waals surface area contributed by atoms with Crippen LogP contribution in [0.2, 0.25) is 5.02 Å². The molecule has 18 heavy (non-hydrogen) atoms. The van der Waals surface area contributed by atoms with E-state index in [-0.39, 0.29) is 5.25 Å².